The molecule has 1 unspecified atom stereocenters. The summed E-state index contributed by atoms with van der Waals surface area (Å²) >= 11 is 0. The first-order valence-electron chi connectivity index (χ1n) is 7.18. The summed E-state index contributed by atoms with van der Waals surface area (Å²) in [5, 5.41) is 20.0. The number of carbonyl (C=O) groups is 1. The van der Waals surface area contributed by atoms with Crippen molar-refractivity contribution in [3.8, 4) is 0 Å². The third kappa shape index (κ3) is 3.13. The van der Waals surface area contributed by atoms with Gasteiger partial charge in [-0.05, 0) is 24.5 Å². The fraction of sp³-hybridized carbons (Fsp3) is 0.375. The molecule has 1 fully saturated rings. The summed E-state index contributed by atoms with van der Waals surface area (Å²) in [6.07, 6.45) is 3.27. The molecule has 0 saturated heterocycles. The van der Waals surface area contributed by atoms with Crippen LogP contribution in [0.1, 0.15) is 30.2 Å². The molecule has 5 nitrogen and oxygen atoms in total. The summed E-state index contributed by atoms with van der Waals surface area (Å²) in [6.45, 7) is 0.510. The zero-order chi connectivity index (χ0) is 14.7. The maximum Gasteiger partial charge on any atom is 0.226 e. The Labute approximate surface area is 123 Å². The van der Waals surface area contributed by atoms with Crippen molar-refractivity contribution in [2.24, 2.45) is 5.41 Å². The molecule has 0 bridgehead atoms. The summed E-state index contributed by atoms with van der Waals surface area (Å²) in [5.74, 6) is -0.0502. The number of aliphatic hydroxyl groups excluding tert-OH is 1. The predicted molar refractivity (Wildman–Crippen MR) is 78.4 cm³/mol. The highest BCUT2D eigenvalue weighted by Crippen LogP contribution is 2.54. The van der Waals surface area contributed by atoms with Gasteiger partial charge in [-0.15, -0.1) is 0 Å². The molecular formula is C16H19N3O2. The molecule has 1 aliphatic rings. The van der Waals surface area contributed by atoms with Gasteiger partial charge in [0.05, 0.1) is 12.5 Å². The number of H-pyrrole nitrogens is 1. The van der Waals surface area contributed by atoms with Gasteiger partial charge in [-0.2, -0.15) is 5.10 Å². The highest BCUT2D eigenvalue weighted by Gasteiger charge is 2.49. The Hall–Kier alpha value is -2.14. The van der Waals surface area contributed by atoms with Gasteiger partial charge in [-0.1, -0.05) is 30.3 Å². The second kappa shape index (κ2) is 5.69. The number of aliphatic hydroxyl groups is 1. The number of nitrogens with zero attached hydrogens (tertiary/aromatic N) is 1. The van der Waals surface area contributed by atoms with Gasteiger partial charge in [0.1, 0.15) is 0 Å². The number of nitrogens with one attached hydrogen (secondary N) is 2. The van der Waals surface area contributed by atoms with Crippen molar-refractivity contribution < 1.29 is 9.90 Å². The standard InChI is InChI=1S/C16H19N3O2/c20-14(10-13-6-9-18-19-13)17-11-16(7-8-16)15(21)12-4-2-1-3-5-12/h1-6,9,15,21H,7-8,10-11H2,(H,17,20)(H,18,19). The van der Waals surface area contributed by atoms with Crippen LogP contribution >= 0.6 is 0 Å². The minimum atomic E-state index is -0.522. The van der Waals surface area contributed by atoms with E-state index in [1.54, 1.807) is 12.3 Å². The molecule has 3 rings (SSSR count). The molecule has 2 aromatic rings. The van der Waals surface area contributed by atoms with Gasteiger partial charge >= 0.3 is 0 Å². The van der Waals surface area contributed by atoms with Gasteiger partial charge in [0, 0.05) is 23.9 Å². The maximum atomic E-state index is 11.9. The van der Waals surface area contributed by atoms with E-state index in [4.69, 9.17) is 0 Å². The van der Waals surface area contributed by atoms with Crippen molar-refractivity contribution in [1.82, 2.24) is 15.5 Å². The number of carbonyl (C=O) groups excluding carboxylic acids is 1. The number of amides is 1. The monoisotopic (exact) mass is 285 g/mol. The van der Waals surface area contributed by atoms with E-state index in [9.17, 15) is 9.90 Å². The van der Waals surface area contributed by atoms with E-state index in [1.807, 2.05) is 30.3 Å². The Bertz CT molecular complexity index is 591. The third-order valence-corrected chi connectivity index (χ3v) is 4.13. The van der Waals surface area contributed by atoms with E-state index in [0.29, 0.717) is 6.54 Å². The van der Waals surface area contributed by atoms with Crippen LogP contribution in [0, 0.1) is 5.41 Å². The Kier molecular flexibility index (Phi) is 3.75. The van der Waals surface area contributed by atoms with Crippen molar-refractivity contribution in [3.05, 3.63) is 53.9 Å². The van der Waals surface area contributed by atoms with E-state index in [-0.39, 0.29) is 17.7 Å². The lowest BCUT2D eigenvalue weighted by atomic mass is 9.92. The van der Waals surface area contributed by atoms with Gasteiger partial charge in [0.15, 0.2) is 0 Å². The number of benzene rings is 1. The number of aromatic amines is 1. The van der Waals surface area contributed by atoms with Crippen LogP contribution in [0.3, 0.4) is 0 Å². The number of hydrogen-bond acceptors (Lipinski definition) is 3. The van der Waals surface area contributed by atoms with Gasteiger partial charge < -0.3 is 10.4 Å². The van der Waals surface area contributed by atoms with Crippen molar-refractivity contribution in [2.45, 2.75) is 25.4 Å². The molecule has 1 aliphatic carbocycles. The summed E-state index contributed by atoms with van der Waals surface area (Å²) in [7, 11) is 0. The lowest BCUT2D eigenvalue weighted by Crippen LogP contribution is -2.34. The van der Waals surface area contributed by atoms with Crippen molar-refractivity contribution >= 4 is 5.91 Å². The van der Waals surface area contributed by atoms with Gasteiger partial charge in [-0.3, -0.25) is 9.89 Å². The first kappa shape index (κ1) is 13.8. The van der Waals surface area contributed by atoms with E-state index in [2.05, 4.69) is 15.5 Å². The van der Waals surface area contributed by atoms with E-state index < -0.39 is 6.10 Å². The fourth-order valence-corrected chi connectivity index (χ4v) is 2.59. The molecule has 110 valence electrons. The van der Waals surface area contributed by atoms with Crippen LogP contribution in [0.4, 0.5) is 0 Å². The zero-order valence-electron chi connectivity index (χ0n) is 11.7. The number of rotatable bonds is 6. The Morgan fingerprint density at radius 1 is 1.33 bits per heavy atom. The van der Waals surface area contributed by atoms with Crippen LogP contribution in [0.15, 0.2) is 42.6 Å². The third-order valence-electron chi connectivity index (χ3n) is 4.13. The molecule has 0 aliphatic heterocycles. The summed E-state index contributed by atoms with van der Waals surface area (Å²) in [4.78, 5) is 11.9. The molecular weight excluding hydrogens is 266 g/mol. The Morgan fingerprint density at radius 2 is 2.10 bits per heavy atom. The minimum absolute atomic E-state index is 0.0502. The van der Waals surface area contributed by atoms with Crippen LogP contribution in [-0.4, -0.2) is 27.8 Å². The number of hydrogen-bond donors (Lipinski definition) is 3. The van der Waals surface area contributed by atoms with Crippen LogP contribution in [-0.2, 0) is 11.2 Å². The highest BCUT2D eigenvalue weighted by molar-refractivity contribution is 5.78. The first-order valence-corrected chi connectivity index (χ1v) is 7.18. The quantitative estimate of drug-likeness (QED) is 0.754. The van der Waals surface area contributed by atoms with Gasteiger partial charge in [0.2, 0.25) is 5.91 Å². The lowest BCUT2D eigenvalue weighted by Gasteiger charge is -2.23. The van der Waals surface area contributed by atoms with E-state index >= 15 is 0 Å². The molecule has 0 spiro atoms. The summed E-state index contributed by atoms with van der Waals surface area (Å²) in [6, 6.07) is 11.4. The first-order chi connectivity index (χ1) is 10.2. The average Bonchev–Trinajstić information content (AvgIpc) is 3.14. The van der Waals surface area contributed by atoms with Crippen molar-refractivity contribution in [2.75, 3.05) is 6.54 Å². The fourth-order valence-electron chi connectivity index (χ4n) is 2.59. The predicted octanol–water partition coefficient (Wildman–Crippen LogP) is 1.58. The normalized spacial score (nSPS) is 17.2. The molecule has 3 N–H and O–H groups in total. The van der Waals surface area contributed by atoms with E-state index in [1.165, 1.54) is 0 Å². The SMILES string of the molecule is O=C(Cc1ccn[nH]1)NCC1(C(O)c2ccccc2)CC1. The van der Waals surface area contributed by atoms with Gasteiger partial charge in [-0.25, -0.2) is 0 Å². The second-order valence-electron chi connectivity index (χ2n) is 5.71. The minimum Gasteiger partial charge on any atom is -0.388 e. The molecule has 1 heterocycles. The van der Waals surface area contributed by atoms with Gasteiger partial charge in [0.25, 0.3) is 0 Å². The lowest BCUT2D eigenvalue weighted by molar-refractivity contribution is -0.121. The van der Waals surface area contributed by atoms with Crippen LogP contribution < -0.4 is 5.32 Å². The topological polar surface area (TPSA) is 78.0 Å². The van der Waals surface area contributed by atoms with Crippen LogP contribution in [0.25, 0.3) is 0 Å². The molecule has 1 aromatic heterocycles. The molecule has 1 amide bonds. The maximum absolute atomic E-state index is 11.9. The Morgan fingerprint density at radius 3 is 2.71 bits per heavy atom. The Balaban J connectivity index is 1.56. The molecule has 1 aromatic carbocycles. The average molecular weight is 285 g/mol. The number of aromatic nitrogens is 2. The smallest absolute Gasteiger partial charge is 0.226 e. The molecule has 1 atom stereocenters. The molecule has 1 saturated carbocycles. The summed E-state index contributed by atoms with van der Waals surface area (Å²) < 4.78 is 0. The molecule has 0 radical (unpaired) electrons. The van der Waals surface area contributed by atoms with Crippen LogP contribution in [0.2, 0.25) is 0 Å². The zero-order valence-corrected chi connectivity index (χ0v) is 11.7. The van der Waals surface area contributed by atoms with Crippen molar-refractivity contribution in [1.29, 1.82) is 0 Å². The van der Waals surface area contributed by atoms with E-state index in [0.717, 1.165) is 24.1 Å². The molecule has 21 heavy (non-hydrogen) atoms. The summed E-state index contributed by atoms with van der Waals surface area (Å²) in [5.41, 5.74) is 1.50. The van der Waals surface area contributed by atoms with Crippen molar-refractivity contribution in [3.63, 3.8) is 0 Å². The largest absolute Gasteiger partial charge is 0.388 e. The molecule has 5 heteroatoms. The van der Waals surface area contributed by atoms with Crippen LogP contribution in [0.5, 0.6) is 0 Å². The second-order valence-corrected chi connectivity index (χ2v) is 5.71. The highest BCUT2D eigenvalue weighted by atomic mass is 16.3.